The van der Waals surface area contributed by atoms with Gasteiger partial charge in [0.1, 0.15) is 6.10 Å². The Labute approximate surface area is 97.9 Å². The Morgan fingerprint density at radius 3 is 2.38 bits per heavy atom. The number of hydrogen-bond acceptors (Lipinski definition) is 4. The molecule has 1 aliphatic rings. The maximum atomic E-state index is 10.0. The van der Waals surface area contributed by atoms with E-state index in [0.717, 1.165) is 0 Å². The van der Waals surface area contributed by atoms with Gasteiger partial charge in [0.25, 0.3) is 0 Å². The fraction of sp³-hybridized carbons (Fsp3) is 1.00. The van der Waals surface area contributed by atoms with E-state index in [1.54, 1.807) is 7.11 Å². The van der Waals surface area contributed by atoms with Crippen LogP contribution in [0.15, 0.2) is 0 Å². The van der Waals surface area contributed by atoms with Crippen LogP contribution in [0.25, 0.3) is 0 Å². The van der Waals surface area contributed by atoms with Gasteiger partial charge in [-0.25, -0.2) is 0 Å². The van der Waals surface area contributed by atoms with Crippen molar-refractivity contribution in [2.24, 2.45) is 0 Å². The molecule has 1 aliphatic heterocycles. The van der Waals surface area contributed by atoms with Crippen molar-refractivity contribution in [1.29, 1.82) is 0 Å². The van der Waals surface area contributed by atoms with E-state index < -0.39 is 11.7 Å². The maximum absolute atomic E-state index is 10.0. The zero-order valence-corrected chi connectivity index (χ0v) is 11.1. The summed E-state index contributed by atoms with van der Waals surface area (Å²) < 4.78 is 16.8. The zero-order valence-electron chi connectivity index (χ0n) is 11.1. The second kappa shape index (κ2) is 4.61. The van der Waals surface area contributed by atoms with Gasteiger partial charge < -0.3 is 19.3 Å². The lowest BCUT2D eigenvalue weighted by Gasteiger charge is -2.45. The molecule has 0 radical (unpaired) electrons. The van der Waals surface area contributed by atoms with Crippen molar-refractivity contribution < 1.29 is 19.3 Å². The molecule has 1 saturated heterocycles. The fourth-order valence-corrected chi connectivity index (χ4v) is 1.98. The molecule has 0 unspecified atom stereocenters. The summed E-state index contributed by atoms with van der Waals surface area (Å²) in [6.07, 6.45) is -0.710. The van der Waals surface area contributed by atoms with E-state index >= 15 is 0 Å². The van der Waals surface area contributed by atoms with Gasteiger partial charge in [-0.1, -0.05) is 0 Å². The lowest BCUT2D eigenvalue weighted by Crippen LogP contribution is -2.57. The van der Waals surface area contributed by atoms with Gasteiger partial charge in [0.2, 0.25) is 0 Å². The van der Waals surface area contributed by atoms with Gasteiger partial charge in [-0.3, -0.25) is 0 Å². The molecule has 0 aliphatic carbocycles. The van der Waals surface area contributed by atoms with Crippen LogP contribution in [0.1, 0.15) is 41.0 Å². The van der Waals surface area contributed by atoms with Crippen molar-refractivity contribution >= 4 is 0 Å². The van der Waals surface area contributed by atoms with Crippen LogP contribution < -0.4 is 0 Å². The van der Waals surface area contributed by atoms with E-state index in [9.17, 15) is 5.11 Å². The molecule has 1 rings (SSSR count). The fourth-order valence-electron chi connectivity index (χ4n) is 1.98. The van der Waals surface area contributed by atoms with Crippen LogP contribution in [0.4, 0.5) is 0 Å². The highest BCUT2D eigenvalue weighted by atomic mass is 16.7. The summed E-state index contributed by atoms with van der Waals surface area (Å²) in [4.78, 5) is 0. The minimum Gasteiger partial charge on any atom is -0.387 e. The monoisotopic (exact) mass is 232 g/mol. The molecule has 1 fully saturated rings. The molecule has 1 N–H and O–H groups in total. The van der Waals surface area contributed by atoms with Crippen LogP contribution in [-0.2, 0) is 14.2 Å². The Hall–Kier alpha value is -0.160. The Bertz CT molecular complexity index is 236. The number of ether oxygens (including phenoxy) is 3. The Morgan fingerprint density at radius 2 is 1.94 bits per heavy atom. The molecule has 0 spiro atoms. The molecule has 4 heteroatoms. The lowest BCUT2D eigenvalue weighted by molar-refractivity contribution is -0.297. The molecule has 0 amide bonds. The minimum absolute atomic E-state index is 0.263. The molecule has 0 aromatic rings. The third-order valence-corrected chi connectivity index (χ3v) is 2.96. The number of rotatable bonds is 2. The predicted molar refractivity (Wildman–Crippen MR) is 61.2 cm³/mol. The Balaban J connectivity index is 2.71. The second-order valence-electron chi connectivity index (χ2n) is 5.67. The van der Waals surface area contributed by atoms with Gasteiger partial charge in [-0.2, -0.15) is 0 Å². The number of aliphatic hydroxyl groups excluding tert-OH is 1. The molecule has 0 aromatic heterocycles. The van der Waals surface area contributed by atoms with E-state index in [0.29, 0.717) is 6.42 Å². The standard InChI is InChI=1S/C12H24O4/c1-8-10(13)12(5,14-6)7-9(15-8)16-11(2,3)4/h8-10,13H,7H2,1-6H3/t8-,9-,10-,12+/m0/s1. The van der Waals surface area contributed by atoms with Crippen molar-refractivity contribution in [3.05, 3.63) is 0 Å². The van der Waals surface area contributed by atoms with Crippen molar-refractivity contribution in [2.45, 2.75) is 70.7 Å². The highest BCUT2D eigenvalue weighted by Gasteiger charge is 2.45. The maximum Gasteiger partial charge on any atom is 0.161 e. The molecule has 0 bridgehead atoms. The summed E-state index contributed by atoms with van der Waals surface area (Å²) in [5.74, 6) is 0. The Morgan fingerprint density at radius 1 is 1.38 bits per heavy atom. The quantitative estimate of drug-likeness (QED) is 0.787. The van der Waals surface area contributed by atoms with Gasteiger partial charge in [-0.15, -0.1) is 0 Å². The molecular weight excluding hydrogens is 208 g/mol. The van der Waals surface area contributed by atoms with Crippen molar-refractivity contribution in [1.82, 2.24) is 0 Å². The third-order valence-electron chi connectivity index (χ3n) is 2.96. The first-order chi connectivity index (χ1) is 7.18. The number of aliphatic hydroxyl groups is 1. The lowest BCUT2D eigenvalue weighted by atomic mass is 9.88. The predicted octanol–water partition coefficient (Wildman–Crippen LogP) is 1.70. The molecule has 16 heavy (non-hydrogen) atoms. The summed E-state index contributed by atoms with van der Waals surface area (Å²) in [7, 11) is 1.61. The summed E-state index contributed by atoms with van der Waals surface area (Å²) in [6.45, 7) is 9.67. The molecule has 4 nitrogen and oxygen atoms in total. The van der Waals surface area contributed by atoms with Gasteiger partial charge in [0.15, 0.2) is 6.29 Å². The first kappa shape index (κ1) is 13.9. The molecule has 1 heterocycles. The summed E-state index contributed by atoms with van der Waals surface area (Å²) in [5, 5.41) is 10.0. The van der Waals surface area contributed by atoms with Crippen LogP contribution in [0.3, 0.4) is 0 Å². The van der Waals surface area contributed by atoms with E-state index in [1.807, 2.05) is 34.6 Å². The first-order valence-corrected chi connectivity index (χ1v) is 5.74. The van der Waals surface area contributed by atoms with Gasteiger partial charge in [-0.05, 0) is 34.6 Å². The van der Waals surface area contributed by atoms with E-state index in [-0.39, 0.29) is 18.0 Å². The normalized spacial score (nSPS) is 41.1. The van der Waals surface area contributed by atoms with Crippen LogP contribution in [0.2, 0.25) is 0 Å². The van der Waals surface area contributed by atoms with Gasteiger partial charge in [0.05, 0.1) is 17.3 Å². The van der Waals surface area contributed by atoms with Crippen LogP contribution >= 0.6 is 0 Å². The second-order valence-corrected chi connectivity index (χ2v) is 5.67. The Kier molecular flexibility index (Phi) is 4.00. The number of hydrogen-bond donors (Lipinski definition) is 1. The van der Waals surface area contributed by atoms with Gasteiger partial charge in [0, 0.05) is 13.5 Å². The largest absolute Gasteiger partial charge is 0.387 e. The topological polar surface area (TPSA) is 47.9 Å². The summed E-state index contributed by atoms with van der Waals surface area (Å²) in [6, 6.07) is 0. The average Bonchev–Trinajstić information content (AvgIpc) is 2.11. The van der Waals surface area contributed by atoms with Crippen LogP contribution in [0.5, 0.6) is 0 Å². The summed E-state index contributed by atoms with van der Waals surface area (Å²) >= 11 is 0. The van der Waals surface area contributed by atoms with Crippen LogP contribution in [-0.4, -0.2) is 41.9 Å². The van der Waals surface area contributed by atoms with Crippen molar-refractivity contribution in [2.75, 3.05) is 7.11 Å². The zero-order chi connectivity index (χ0) is 12.6. The molecule has 0 aromatic carbocycles. The van der Waals surface area contributed by atoms with Crippen LogP contribution in [0, 0.1) is 0 Å². The SMILES string of the molecule is CO[C@]1(C)C[C@H](OC(C)(C)C)O[C@@H](C)[C@@H]1O. The van der Waals surface area contributed by atoms with Gasteiger partial charge >= 0.3 is 0 Å². The highest BCUT2D eigenvalue weighted by molar-refractivity contribution is 4.92. The highest BCUT2D eigenvalue weighted by Crippen LogP contribution is 2.33. The summed E-state index contributed by atoms with van der Waals surface area (Å²) in [5.41, 5.74) is -0.866. The van der Waals surface area contributed by atoms with E-state index in [1.165, 1.54) is 0 Å². The van der Waals surface area contributed by atoms with Crippen molar-refractivity contribution in [3.8, 4) is 0 Å². The molecule has 4 atom stereocenters. The minimum atomic E-state index is -0.627. The van der Waals surface area contributed by atoms with Crippen molar-refractivity contribution in [3.63, 3.8) is 0 Å². The smallest absolute Gasteiger partial charge is 0.161 e. The third kappa shape index (κ3) is 3.17. The molecule has 96 valence electrons. The van der Waals surface area contributed by atoms with E-state index in [2.05, 4.69) is 0 Å². The van der Waals surface area contributed by atoms with E-state index in [4.69, 9.17) is 14.2 Å². The molecule has 0 saturated carbocycles. The number of methoxy groups -OCH3 is 1. The average molecular weight is 232 g/mol. The molecular formula is C12H24O4. The first-order valence-electron chi connectivity index (χ1n) is 5.74.